The lowest BCUT2D eigenvalue weighted by molar-refractivity contribution is -0.134. The Balaban J connectivity index is 1.69. The van der Waals surface area contributed by atoms with E-state index in [1.165, 1.54) is 18.2 Å². The number of hydrogen-bond acceptors (Lipinski definition) is 6. The summed E-state index contributed by atoms with van der Waals surface area (Å²) in [4.78, 5) is 14.9. The fourth-order valence-electron chi connectivity index (χ4n) is 3.44. The zero-order valence-corrected chi connectivity index (χ0v) is 17.0. The van der Waals surface area contributed by atoms with Crippen LogP contribution in [-0.4, -0.2) is 45.4 Å². The number of amides is 1. The molecule has 1 amide bonds. The van der Waals surface area contributed by atoms with Gasteiger partial charge >= 0.3 is 0 Å². The van der Waals surface area contributed by atoms with Crippen LogP contribution in [0.1, 0.15) is 46.5 Å². The van der Waals surface area contributed by atoms with E-state index in [4.69, 9.17) is 9.15 Å². The standard InChI is InChI=1S/C20H27N3O3S/c1-4-15-10-8-9-13-23(15)19(24)14(3)27-20-22-21-18(26-20)16-11-6-7-12-17(16)25-5-2/h6-7,11-12,14-15H,4-5,8-10,13H2,1-3H3. The predicted molar refractivity (Wildman–Crippen MR) is 106 cm³/mol. The SMILES string of the molecule is CCOc1ccccc1-c1nnc(SC(C)C(=O)N2CCCCC2CC)o1. The van der Waals surface area contributed by atoms with Crippen LogP contribution in [-0.2, 0) is 4.79 Å². The van der Waals surface area contributed by atoms with Gasteiger partial charge < -0.3 is 14.1 Å². The zero-order chi connectivity index (χ0) is 19.2. The second-order valence-corrected chi connectivity index (χ2v) is 7.94. The number of thioether (sulfide) groups is 1. The van der Waals surface area contributed by atoms with E-state index >= 15 is 0 Å². The summed E-state index contributed by atoms with van der Waals surface area (Å²) in [6.45, 7) is 7.40. The van der Waals surface area contributed by atoms with Crippen molar-refractivity contribution >= 4 is 17.7 Å². The summed E-state index contributed by atoms with van der Waals surface area (Å²) >= 11 is 1.32. The minimum absolute atomic E-state index is 0.154. The molecule has 2 heterocycles. The van der Waals surface area contributed by atoms with E-state index in [9.17, 15) is 4.79 Å². The topological polar surface area (TPSA) is 68.5 Å². The van der Waals surface area contributed by atoms with Crippen LogP contribution in [0.3, 0.4) is 0 Å². The molecule has 6 nitrogen and oxygen atoms in total. The highest BCUT2D eigenvalue weighted by atomic mass is 32.2. The van der Waals surface area contributed by atoms with Gasteiger partial charge in [-0.15, -0.1) is 10.2 Å². The van der Waals surface area contributed by atoms with Crippen LogP contribution in [0.15, 0.2) is 33.9 Å². The lowest BCUT2D eigenvalue weighted by atomic mass is 10.00. The van der Waals surface area contributed by atoms with Gasteiger partial charge in [0.25, 0.3) is 11.1 Å². The Morgan fingerprint density at radius 3 is 2.93 bits per heavy atom. The molecule has 0 spiro atoms. The van der Waals surface area contributed by atoms with Gasteiger partial charge in [0, 0.05) is 12.6 Å². The van der Waals surface area contributed by atoms with Gasteiger partial charge in [0.15, 0.2) is 0 Å². The summed E-state index contributed by atoms with van der Waals surface area (Å²) < 4.78 is 11.4. The van der Waals surface area contributed by atoms with Gasteiger partial charge in [-0.2, -0.15) is 0 Å². The first-order valence-corrected chi connectivity index (χ1v) is 10.5. The molecule has 1 aromatic heterocycles. The summed E-state index contributed by atoms with van der Waals surface area (Å²) in [5.41, 5.74) is 0.764. The number of hydrogen-bond donors (Lipinski definition) is 0. The number of ether oxygens (including phenoxy) is 1. The molecular formula is C20H27N3O3S. The number of aromatic nitrogens is 2. The van der Waals surface area contributed by atoms with Crippen LogP contribution >= 0.6 is 11.8 Å². The molecule has 1 aromatic carbocycles. The quantitative estimate of drug-likeness (QED) is 0.654. The Labute approximate surface area is 164 Å². The second kappa shape index (κ2) is 9.26. The van der Waals surface area contributed by atoms with Gasteiger partial charge in [0.1, 0.15) is 5.75 Å². The van der Waals surface area contributed by atoms with Gasteiger partial charge in [-0.25, -0.2) is 0 Å². The van der Waals surface area contributed by atoms with Crippen molar-refractivity contribution in [2.24, 2.45) is 0 Å². The Bertz CT molecular complexity index is 764. The van der Waals surface area contributed by atoms with Crippen molar-refractivity contribution in [2.75, 3.05) is 13.2 Å². The third-order valence-corrected chi connectivity index (χ3v) is 5.75. The lowest BCUT2D eigenvalue weighted by Gasteiger charge is -2.36. The van der Waals surface area contributed by atoms with Crippen LogP contribution < -0.4 is 4.74 Å². The molecule has 146 valence electrons. The van der Waals surface area contributed by atoms with Crippen molar-refractivity contribution < 1.29 is 13.9 Å². The van der Waals surface area contributed by atoms with Crippen molar-refractivity contribution in [1.82, 2.24) is 15.1 Å². The molecule has 1 aliphatic rings. The van der Waals surface area contributed by atoms with Crippen LogP contribution in [0.4, 0.5) is 0 Å². The minimum atomic E-state index is -0.257. The molecule has 27 heavy (non-hydrogen) atoms. The lowest BCUT2D eigenvalue weighted by Crippen LogP contribution is -2.46. The Kier molecular flexibility index (Phi) is 6.77. The number of benzene rings is 1. The summed E-state index contributed by atoms with van der Waals surface area (Å²) in [7, 11) is 0. The molecular weight excluding hydrogens is 362 g/mol. The molecule has 0 radical (unpaired) electrons. The molecule has 1 saturated heterocycles. The smallest absolute Gasteiger partial charge is 0.277 e. The summed E-state index contributed by atoms with van der Waals surface area (Å²) in [6.07, 6.45) is 4.38. The van der Waals surface area contributed by atoms with Gasteiger partial charge in [0.2, 0.25) is 5.91 Å². The molecule has 2 atom stereocenters. The molecule has 0 N–H and O–H groups in total. The van der Waals surface area contributed by atoms with E-state index in [2.05, 4.69) is 17.1 Å². The van der Waals surface area contributed by atoms with Crippen molar-refractivity contribution in [3.8, 4) is 17.2 Å². The number of likely N-dealkylation sites (tertiary alicyclic amines) is 1. The van der Waals surface area contributed by atoms with Crippen LogP contribution in [0.25, 0.3) is 11.5 Å². The van der Waals surface area contributed by atoms with E-state index in [1.54, 1.807) is 0 Å². The van der Waals surface area contributed by atoms with Gasteiger partial charge in [-0.1, -0.05) is 30.8 Å². The van der Waals surface area contributed by atoms with Crippen molar-refractivity contribution in [3.63, 3.8) is 0 Å². The normalized spacial score (nSPS) is 18.3. The highest BCUT2D eigenvalue weighted by Gasteiger charge is 2.30. The maximum atomic E-state index is 12.9. The maximum absolute atomic E-state index is 12.9. The number of piperidine rings is 1. The Morgan fingerprint density at radius 1 is 1.33 bits per heavy atom. The molecule has 0 aliphatic carbocycles. The van der Waals surface area contributed by atoms with E-state index in [0.717, 1.165) is 31.4 Å². The van der Waals surface area contributed by atoms with E-state index in [1.807, 2.05) is 43.0 Å². The summed E-state index contributed by atoms with van der Waals surface area (Å²) in [5.74, 6) is 1.27. The number of carbonyl (C=O) groups is 1. The van der Waals surface area contributed by atoms with Crippen LogP contribution in [0.2, 0.25) is 0 Å². The second-order valence-electron chi connectivity index (χ2n) is 6.65. The molecule has 7 heteroatoms. The number of nitrogens with zero attached hydrogens (tertiary/aromatic N) is 3. The highest BCUT2D eigenvalue weighted by Crippen LogP contribution is 2.32. The van der Waals surface area contributed by atoms with Crippen molar-refractivity contribution in [2.45, 2.75) is 63.0 Å². The molecule has 0 bridgehead atoms. The Hall–Kier alpha value is -2.02. The molecule has 2 unspecified atom stereocenters. The van der Waals surface area contributed by atoms with E-state index < -0.39 is 0 Å². The first-order valence-electron chi connectivity index (χ1n) is 9.66. The fourth-order valence-corrected chi connectivity index (χ4v) is 4.19. The zero-order valence-electron chi connectivity index (χ0n) is 16.2. The first kappa shape index (κ1) is 19.7. The van der Waals surface area contributed by atoms with Crippen LogP contribution in [0.5, 0.6) is 5.75 Å². The van der Waals surface area contributed by atoms with Gasteiger partial charge in [-0.3, -0.25) is 4.79 Å². The van der Waals surface area contributed by atoms with E-state index in [0.29, 0.717) is 29.5 Å². The molecule has 2 aromatic rings. The minimum Gasteiger partial charge on any atom is -0.493 e. The first-order chi connectivity index (χ1) is 13.1. The molecule has 0 saturated carbocycles. The average molecular weight is 390 g/mol. The highest BCUT2D eigenvalue weighted by molar-refractivity contribution is 8.00. The largest absolute Gasteiger partial charge is 0.493 e. The fraction of sp³-hybridized carbons (Fsp3) is 0.550. The van der Waals surface area contributed by atoms with Crippen LogP contribution in [0, 0.1) is 0 Å². The van der Waals surface area contributed by atoms with Gasteiger partial charge in [0.05, 0.1) is 17.4 Å². The number of rotatable bonds is 7. The van der Waals surface area contributed by atoms with E-state index in [-0.39, 0.29) is 11.2 Å². The summed E-state index contributed by atoms with van der Waals surface area (Å²) in [6, 6.07) is 7.93. The summed E-state index contributed by atoms with van der Waals surface area (Å²) in [5, 5.41) is 8.41. The van der Waals surface area contributed by atoms with Gasteiger partial charge in [-0.05, 0) is 51.7 Å². The predicted octanol–water partition coefficient (Wildman–Crippen LogP) is 4.41. The molecule has 1 fully saturated rings. The third kappa shape index (κ3) is 4.64. The average Bonchev–Trinajstić information content (AvgIpc) is 3.16. The molecule has 1 aliphatic heterocycles. The Morgan fingerprint density at radius 2 is 2.15 bits per heavy atom. The van der Waals surface area contributed by atoms with Crippen molar-refractivity contribution in [3.05, 3.63) is 24.3 Å². The number of carbonyl (C=O) groups excluding carboxylic acids is 1. The monoisotopic (exact) mass is 389 g/mol. The molecule has 3 rings (SSSR count). The maximum Gasteiger partial charge on any atom is 0.277 e. The third-order valence-electron chi connectivity index (χ3n) is 4.83. The van der Waals surface area contributed by atoms with Crippen molar-refractivity contribution in [1.29, 1.82) is 0 Å². The number of para-hydroxylation sites is 1.